The van der Waals surface area contributed by atoms with Gasteiger partial charge in [-0.3, -0.25) is 19.3 Å². The summed E-state index contributed by atoms with van der Waals surface area (Å²) in [6, 6.07) is 25.3. The van der Waals surface area contributed by atoms with Crippen LogP contribution in [0.3, 0.4) is 0 Å². The summed E-state index contributed by atoms with van der Waals surface area (Å²) < 4.78 is 17.9. The predicted octanol–water partition coefficient (Wildman–Crippen LogP) is 6.78. The first kappa shape index (κ1) is 45.6. The maximum absolute atomic E-state index is 16.5. The molecule has 0 bridgehead atoms. The van der Waals surface area contributed by atoms with Crippen molar-refractivity contribution in [3.8, 4) is 17.6 Å². The number of aliphatic hydroxyl groups excluding tert-OH is 1. The number of methoxy groups -OCH3 is 1. The van der Waals surface area contributed by atoms with Gasteiger partial charge in [0.05, 0.1) is 37.4 Å². The van der Waals surface area contributed by atoms with Crippen LogP contribution in [0.1, 0.15) is 85.5 Å². The molecule has 7 unspecified atom stereocenters. The molecule has 8 rings (SSSR count). The number of nitrogens with one attached hydrogen (secondary N) is 2. The third-order valence-corrected chi connectivity index (χ3v) is 13.0. The Morgan fingerprint density at radius 1 is 0.939 bits per heavy atom. The van der Waals surface area contributed by atoms with E-state index in [2.05, 4.69) is 35.1 Å². The number of ether oxygens (including phenoxy) is 3. The fourth-order valence-corrected chi connectivity index (χ4v) is 10.2. The van der Waals surface area contributed by atoms with Crippen LogP contribution < -0.4 is 20.3 Å². The number of allylic oxidation sites excluding steroid dienone is 2. The van der Waals surface area contributed by atoms with Crippen molar-refractivity contribution < 1.29 is 43.3 Å². The SMILES string of the molecule is C=CCNC(=O)C1C2C(=O)OC(c3ccccc3)C(c3ccccc3)N2C(c2ccccc2OCCO)C12C(=O)N(C(=O)NC(C(=O)OC)C(C)C)c1ccc(C#CC3=CCCCC3)cc12. The van der Waals surface area contributed by atoms with Gasteiger partial charge in [0, 0.05) is 17.7 Å². The van der Waals surface area contributed by atoms with E-state index in [1.165, 1.54) is 13.2 Å². The van der Waals surface area contributed by atoms with Gasteiger partial charge in [-0.1, -0.05) is 117 Å². The summed E-state index contributed by atoms with van der Waals surface area (Å²) in [5.41, 5.74) is 1.61. The van der Waals surface area contributed by atoms with Crippen LogP contribution in [0.2, 0.25) is 0 Å². The van der Waals surface area contributed by atoms with Crippen LogP contribution in [0.4, 0.5) is 10.5 Å². The lowest BCUT2D eigenvalue weighted by Crippen LogP contribution is -2.57. The molecule has 2 fully saturated rings. The molecule has 3 heterocycles. The van der Waals surface area contributed by atoms with Crippen molar-refractivity contribution in [2.75, 3.05) is 31.8 Å². The van der Waals surface area contributed by atoms with Crippen LogP contribution in [-0.4, -0.2) is 78.7 Å². The third kappa shape index (κ3) is 8.16. The van der Waals surface area contributed by atoms with E-state index in [1.807, 2.05) is 65.6 Å². The highest BCUT2D eigenvalue weighted by Crippen LogP contribution is 2.66. The highest BCUT2D eigenvalue weighted by Gasteiger charge is 2.76. The van der Waals surface area contributed by atoms with Crippen LogP contribution in [0.5, 0.6) is 5.75 Å². The average Bonchev–Trinajstić information content (AvgIpc) is 3.80. The van der Waals surface area contributed by atoms with Gasteiger partial charge in [-0.05, 0) is 78.1 Å². The lowest BCUT2D eigenvalue weighted by atomic mass is 9.65. The van der Waals surface area contributed by atoms with Crippen LogP contribution in [0, 0.1) is 23.7 Å². The second-order valence-electron chi connectivity index (χ2n) is 17.2. The molecule has 340 valence electrons. The molecular formula is C53H54N4O9. The second-order valence-corrected chi connectivity index (χ2v) is 17.2. The van der Waals surface area contributed by atoms with Gasteiger partial charge in [0.2, 0.25) is 11.8 Å². The molecular weight excluding hydrogens is 837 g/mol. The monoisotopic (exact) mass is 890 g/mol. The molecule has 13 heteroatoms. The Morgan fingerprint density at radius 2 is 1.65 bits per heavy atom. The molecule has 4 aromatic rings. The third-order valence-electron chi connectivity index (χ3n) is 13.0. The predicted molar refractivity (Wildman–Crippen MR) is 247 cm³/mol. The number of amides is 4. The molecule has 2 saturated heterocycles. The van der Waals surface area contributed by atoms with Crippen molar-refractivity contribution >= 4 is 35.5 Å². The largest absolute Gasteiger partial charge is 0.491 e. The molecule has 1 aliphatic carbocycles. The van der Waals surface area contributed by atoms with E-state index in [0.717, 1.165) is 41.7 Å². The lowest BCUT2D eigenvalue weighted by molar-refractivity contribution is -0.178. The van der Waals surface area contributed by atoms with Gasteiger partial charge in [0.25, 0.3) is 0 Å². The number of hydrogen-bond donors (Lipinski definition) is 3. The van der Waals surface area contributed by atoms with E-state index in [4.69, 9.17) is 14.2 Å². The maximum Gasteiger partial charge on any atom is 0.329 e. The molecule has 0 aromatic heterocycles. The van der Waals surface area contributed by atoms with Crippen molar-refractivity contribution in [2.45, 2.75) is 75.2 Å². The van der Waals surface area contributed by atoms with E-state index in [9.17, 15) is 14.7 Å². The molecule has 4 amide bonds. The first-order chi connectivity index (χ1) is 32.1. The van der Waals surface area contributed by atoms with E-state index in [-0.39, 0.29) is 36.8 Å². The topological polar surface area (TPSA) is 164 Å². The smallest absolute Gasteiger partial charge is 0.329 e. The van der Waals surface area contributed by atoms with Gasteiger partial charge in [-0.2, -0.15) is 0 Å². The van der Waals surface area contributed by atoms with Gasteiger partial charge in [0.15, 0.2) is 0 Å². The quantitative estimate of drug-likeness (QED) is 0.0785. The summed E-state index contributed by atoms with van der Waals surface area (Å²) in [4.78, 5) is 78.2. The van der Waals surface area contributed by atoms with Crippen molar-refractivity contribution in [2.24, 2.45) is 11.8 Å². The number of cyclic esters (lactones) is 1. The van der Waals surface area contributed by atoms with E-state index >= 15 is 14.4 Å². The Balaban J connectivity index is 1.47. The Morgan fingerprint density at radius 3 is 2.32 bits per heavy atom. The van der Waals surface area contributed by atoms with Crippen LogP contribution >= 0.6 is 0 Å². The van der Waals surface area contributed by atoms with E-state index < -0.39 is 77.3 Å². The molecule has 4 aliphatic rings. The number of para-hydroxylation sites is 1. The van der Waals surface area contributed by atoms with Crippen molar-refractivity contribution in [1.82, 2.24) is 15.5 Å². The fourth-order valence-electron chi connectivity index (χ4n) is 10.2. The molecule has 7 atom stereocenters. The number of nitrogens with zero attached hydrogens (tertiary/aromatic N) is 2. The van der Waals surface area contributed by atoms with Crippen molar-refractivity contribution in [3.63, 3.8) is 0 Å². The minimum absolute atomic E-state index is 0.0100. The number of aliphatic hydroxyl groups is 1. The number of hydrogen-bond acceptors (Lipinski definition) is 10. The standard InChI is InChI=1S/C53H54N4O9/c1-5-29-54-48(59)42-45-50(61)66-46(37-21-13-8-14-22-37)44(36-19-11-7-12-20-36)57(45)47(38-23-15-16-24-41(38)65-31-30-58)53(42)39-32-35(26-25-34-17-9-6-10-18-34)27-28-40(39)56(51(53)62)52(63)55-43(33(2)3)49(60)64-4/h5,7-8,11-17,19-24,27-28,32-33,42-47,58H,1,6,9-10,18,29-31H2,2-4H3,(H,54,59)(H,55,63). The second kappa shape index (κ2) is 19.6. The van der Waals surface area contributed by atoms with Gasteiger partial charge in [-0.15, -0.1) is 6.58 Å². The minimum atomic E-state index is -2.10. The Bertz CT molecular complexity index is 2600. The number of rotatable bonds is 12. The normalized spacial score (nSPS) is 23.7. The van der Waals surface area contributed by atoms with Gasteiger partial charge < -0.3 is 30.0 Å². The maximum atomic E-state index is 16.5. The summed E-state index contributed by atoms with van der Waals surface area (Å²) in [6.07, 6.45) is 6.51. The molecule has 13 nitrogen and oxygen atoms in total. The number of urea groups is 1. The number of morpholine rings is 1. The number of carbonyl (C=O) groups excluding carboxylic acids is 5. The molecule has 3 N–H and O–H groups in total. The summed E-state index contributed by atoms with van der Waals surface area (Å²) in [6.45, 7) is 6.85. The highest BCUT2D eigenvalue weighted by molar-refractivity contribution is 6.25. The van der Waals surface area contributed by atoms with Crippen LogP contribution in [0.25, 0.3) is 0 Å². The molecule has 3 aliphatic heterocycles. The zero-order chi connectivity index (χ0) is 46.5. The van der Waals surface area contributed by atoms with Crippen molar-refractivity contribution in [1.29, 1.82) is 0 Å². The van der Waals surface area contributed by atoms with Crippen LogP contribution in [-0.2, 0) is 34.1 Å². The summed E-state index contributed by atoms with van der Waals surface area (Å²) in [5.74, 6) is 1.95. The number of imide groups is 1. The molecule has 0 radical (unpaired) electrons. The summed E-state index contributed by atoms with van der Waals surface area (Å²) >= 11 is 0. The van der Waals surface area contributed by atoms with Gasteiger partial charge >= 0.3 is 18.0 Å². The van der Waals surface area contributed by atoms with Gasteiger partial charge in [-0.25, -0.2) is 14.5 Å². The number of anilines is 1. The number of carbonyl (C=O) groups is 5. The molecule has 4 aromatic carbocycles. The number of fused-ring (bicyclic) bond motifs is 3. The fraction of sp³-hybridized carbons (Fsp3) is 0.340. The molecule has 0 saturated carbocycles. The minimum Gasteiger partial charge on any atom is -0.491 e. The summed E-state index contributed by atoms with van der Waals surface area (Å²) in [5, 5.41) is 15.7. The number of esters is 2. The van der Waals surface area contributed by atoms with E-state index in [0.29, 0.717) is 16.7 Å². The Labute approximate surface area is 384 Å². The lowest BCUT2D eigenvalue weighted by Gasteiger charge is -2.46. The average molecular weight is 891 g/mol. The number of benzene rings is 4. The zero-order valence-electron chi connectivity index (χ0n) is 37.3. The Kier molecular flexibility index (Phi) is 13.5. The van der Waals surface area contributed by atoms with E-state index in [1.54, 1.807) is 56.3 Å². The van der Waals surface area contributed by atoms with Crippen molar-refractivity contribution in [3.05, 3.63) is 155 Å². The molecule has 1 spiro atoms. The first-order valence-electron chi connectivity index (χ1n) is 22.4. The zero-order valence-corrected chi connectivity index (χ0v) is 37.3. The van der Waals surface area contributed by atoms with Crippen LogP contribution in [0.15, 0.2) is 127 Å². The molecule has 66 heavy (non-hydrogen) atoms. The first-order valence-corrected chi connectivity index (χ1v) is 22.4. The highest BCUT2D eigenvalue weighted by atomic mass is 16.6. The summed E-state index contributed by atoms with van der Waals surface area (Å²) in [7, 11) is 1.22. The Hall–Kier alpha value is -7.01. The van der Waals surface area contributed by atoms with Gasteiger partial charge in [0.1, 0.15) is 36.0 Å².